The molecule has 5 heteroatoms. The maximum Gasteiger partial charge on any atom is 0.247 e. The van der Waals surface area contributed by atoms with Gasteiger partial charge in [0, 0.05) is 24.9 Å². The molecule has 1 unspecified atom stereocenters. The maximum absolute atomic E-state index is 5.30. The van der Waals surface area contributed by atoms with E-state index in [1.807, 2.05) is 49.1 Å². The molecule has 0 radical (unpaired) electrons. The van der Waals surface area contributed by atoms with Gasteiger partial charge in [0.05, 0.1) is 11.7 Å². The van der Waals surface area contributed by atoms with Crippen LogP contribution in [-0.2, 0) is 7.05 Å². The van der Waals surface area contributed by atoms with Gasteiger partial charge in [-0.15, -0.1) is 10.2 Å². The highest BCUT2D eigenvalue weighted by Crippen LogP contribution is 2.23. The van der Waals surface area contributed by atoms with Gasteiger partial charge >= 0.3 is 0 Å². The normalized spacial score (nSPS) is 11.9. The van der Waals surface area contributed by atoms with E-state index in [0.717, 1.165) is 5.56 Å². The predicted molar refractivity (Wildman–Crippen MR) is 109 cm³/mol. The summed E-state index contributed by atoms with van der Waals surface area (Å²) in [5.74, 6) is 1.82. The van der Waals surface area contributed by atoms with Crippen LogP contribution in [-0.4, -0.2) is 20.0 Å². The SMILES string of the molecule is CCC(C)c1ccc2c(cnn2C)c1.Cc1cccc(-c2nnc(C)o2)c1. The van der Waals surface area contributed by atoms with Crippen molar-refractivity contribution in [1.29, 1.82) is 0 Å². The summed E-state index contributed by atoms with van der Waals surface area (Å²) in [6.07, 6.45) is 3.12. The summed E-state index contributed by atoms with van der Waals surface area (Å²) in [6.45, 7) is 8.30. The molecule has 0 saturated carbocycles. The highest BCUT2D eigenvalue weighted by Gasteiger charge is 2.06. The fourth-order valence-corrected chi connectivity index (χ4v) is 2.92. The fraction of sp³-hybridized carbons (Fsp3) is 0.318. The lowest BCUT2D eigenvalue weighted by atomic mass is 9.98. The second kappa shape index (κ2) is 8.16. The van der Waals surface area contributed by atoms with Gasteiger partial charge in [-0.05, 0) is 49.1 Å². The largest absolute Gasteiger partial charge is 0.421 e. The van der Waals surface area contributed by atoms with Gasteiger partial charge in [0.2, 0.25) is 11.8 Å². The van der Waals surface area contributed by atoms with Crippen LogP contribution in [0.15, 0.2) is 53.1 Å². The van der Waals surface area contributed by atoms with E-state index in [1.165, 1.54) is 28.5 Å². The third-order valence-electron chi connectivity index (χ3n) is 4.74. The molecule has 2 heterocycles. The van der Waals surface area contributed by atoms with E-state index in [9.17, 15) is 0 Å². The van der Waals surface area contributed by atoms with E-state index in [-0.39, 0.29) is 0 Å². The molecule has 4 aromatic rings. The van der Waals surface area contributed by atoms with Crippen molar-refractivity contribution in [2.24, 2.45) is 7.05 Å². The summed E-state index contributed by atoms with van der Waals surface area (Å²) < 4.78 is 7.21. The molecule has 0 saturated heterocycles. The molecule has 4 rings (SSSR count). The number of rotatable bonds is 3. The molecule has 0 N–H and O–H groups in total. The number of fused-ring (bicyclic) bond motifs is 1. The summed E-state index contributed by atoms with van der Waals surface area (Å²) in [4.78, 5) is 0. The summed E-state index contributed by atoms with van der Waals surface area (Å²) in [5.41, 5.74) is 4.78. The molecule has 2 aromatic carbocycles. The zero-order valence-electron chi connectivity index (χ0n) is 16.6. The Morgan fingerprint density at radius 1 is 1.07 bits per heavy atom. The van der Waals surface area contributed by atoms with Crippen molar-refractivity contribution < 1.29 is 4.42 Å². The van der Waals surface area contributed by atoms with E-state index in [1.54, 1.807) is 6.92 Å². The number of aryl methyl sites for hydroxylation is 3. The molecular formula is C22H26N4O. The quantitative estimate of drug-likeness (QED) is 0.487. The minimum absolute atomic E-state index is 0.584. The molecule has 0 fully saturated rings. The number of aromatic nitrogens is 4. The van der Waals surface area contributed by atoms with Crippen LogP contribution in [0.25, 0.3) is 22.4 Å². The summed E-state index contributed by atoms with van der Waals surface area (Å²) in [6, 6.07) is 14.6. The Morgan fingerprint density at radius 2 is 1.89 bits per heavy atom. The van der Waals surface area contributed by atoms with Gasteiger partial charge in [-0.25, -0.2) is 0 Å². The zero-order chi connectivity index (χ0) is 19.4. The van der Waals surface area contributed by atoms with E-state index in [0.29, 0.717) is 17.7 Å². The van der Waals surface area contributed by atoms with E-state index < -0.39 is 0 Å². The van der Waals surface area contributed by atoms with Crippen molar-refractivity contribution in [3.05, 3.63) is 65.7 Å². The molecule has 0 aliphatic rings. The second-order valence-corrected chi connectivity index (χ2v) is 6.89. The van der Waals surface area contributed by atoms with Crippen LogP contribution < -0.4 is 0 Å². The first-order chi connectivity index (χ1) is 13.0. The number of hydrogen-bond acceptors (Lipinski definition) is 4. The zero-order valence-corrected chi connectivity index (χ0v) is 16.6. The van der Waals surface area contributed by atoms with Gasteiger partial charge in [-0.2, -0.15) is 5.10 Å². The number of benzene rings is 2. The minimum Gasteiger partial charge on any atom is -0.421 e. The maximum atomic E-state index is 5.30. The second-order valence-electron chi connectivity index (χ2n) is 6.89. The number of nitrogens with zero attached hydrogens (tertiary/aromatic N) is 4. The van der Waals surface area contributed by atoms with Gasteiger partial charge in [-0.1, -0.05) is 37.6 Å². The molecule has 0 aliphatic heterocycles. The van der Waals surface area contributed by atoms with Gasteiger partial charge in [0.15, 0.2) is 0 Å². The Labute approximate surface area is 160 Å². The lowest BCUT2D eigenvalue weighted by Gasteiger charge is -2.08. The van der Waals surface area contributed by atoms with Crippen molar-refractivity contribution in [2.75, 3.05) is 0 Å². The predicted octanol–water partition coefficient (Wildman–Crippen LogP) is 5.44. The van der Waals surface area contributed by atoms with Crippen molar-refractivity contribution in [2.45, 2.75) is 40.0 Å². The smallest absolute Gasteiger partial charge is 0.247 e. The molecule has 0 spiro atoms. The molecule has 140 valence electrons. The molecule has 0 aliphatic carbocycles. The van der Waals surface area contributed by atoms with Gasteiger partial charge in [0.1, 0.15) is 0 Å². The monoisotopic (exact) mass is 362 g/mol. The third kappa shape index (κ3) is 4.42. The van der Waals surface area contributed by atoms with Crippen LogP contribution in [0.4, 0.5) is 0 Å². The average Bonchev–Trinajstić information content (AvgIpc) is 3.27. The van der Waals surface area contributed by atoms with E-state index in [4.69, 9.17) is 4.42 Å². The Morgan fingerprint density at radius 3 is 2.56 bits per heavy atom. The third-order valence-corrected chi connectivity index (χ3v) is 4.74. The number of hydrogen-bond donors (Lipinski definition) is 0. The Balaban J connectivity index is 0.000000156. The lowest BCUT2D eigenvalue weighted by molar-refractivity contribution is 0.532. The van der Waals surface area contributed by atoms with Crippen molar-refractivity contribution in [3.8, 4) is 11.5 Å². The van der Waals surface area contributed by atoms with Crippen LogP contribution in [0.2, 0.25) is 0 Å². The van der Waals surface area contributed by atoms with Gasteiger partial charge in [0.25, 0.3) is 0 Å². The standard InChI is InChI=1S/C12H16N2.C10H10N2O/c1-4-9(2)10-5-6-12-11(7-10)8-13-14(12)3;1-7-4-3-5-9(6-7)10-12-11-8(2)13-10/h5-9H,4H2,1-3H3;3-6H,1-2H3. The lowest BCUT2D eigenvalue weighted by Crippen LogP contribution is -1.92. The first kappa shape index (κ1) is 18.8. The highest BCUT2D eigenvalue weighted by atomic mass is 16.4. The summed E-state index contributed by atoms with van der Waals surface area (Å²) >= 11 is 0. The Bertz CT molecular complexity index is 1030. The van der Waals surface area contributed by atoms with Crippen LogP contribution >= 0.6 is 0 Å². The highest BCUT2D eigenvalue weighted by molar-refractivity contribution is 5.79. The van der Waals surface area contributed by atoms with Crippen LogP contribution in [0.5, 0.6) is 0 Å². The topological polar surface area (TPSA) is 56.7 Å². The first-order valence-corrected chi connectivity index (χ1v) is 9.26. The van der Waals surface area contributed by atoms with Crippen LogP contribution in [0, 0.1) is 13.8 Å². The average molecular weight is 362 g/mol. The molecule has 0 amide bonds. The first-order valence-electron chi connectivity index (χ1n) is 9.26. The Hall–Kier alpha value is -2.95. The summed E-state index contributed by atoms with van der Waals surface area (Å²) in [5, 5.41) is 13.2. The molecular weight excluding hydrogens is 336 g/mol. The molecule has 0 bridgehead atoms. The van der Waals surface area contributed by atoms with Gasteiger partial charge in [-0.3, -0.25) is 4.68 Å². The van der Waals surface area contributed by atoms with E-state index in [2.05, 4.69) is 47.3 Å². The molecule has 5 nitrogen and oxygen atoms in total. The fourth-order valence-electron chi connectivity index (χ4n) is 2.92. The van der Waals surface area contributed by atoms with Crippen LogP contribution in [0.1, 0.15) is 43.2 Å². The van der Waals surface area contributed by atoms with Crippen LogP contribution in [0.3, 0.4) is 0 Å². The van der Waals surface area contributed by atoms with Crippen molar-refractivity contribution >= 4 is 10.9 Å². The van der Waals surface area contributed by atoms with E-state index >= 15 is 0 Å². The summed E-state index contributed by atoms with van der Waals surface area (Å²) in [7, 11) is 1.98. The molecule has 1 atom stereocenters. The van der Waals surface area contributed by atoms with Crippen molar-refractivity contribution in [1.82, 2.24) is 20.0 Å². The van der Waals surface area contributed by atoms with Gasteiger partial charge < -0.3 is 4.42 Å². The Kier molecular flexibility index (Phi) is 5.69. The van der Waals surface area contributed by atoms with Crippen molar-refractivity contribution in [3.63, 3.8) is 0 Å². The minimum atomic E-state index is 0.584. The molecule has 2 aromatic heterocycles. The molecule has 27 heavy (non-hydrogen) atoms.